The van der Waals surface area contributed by atoms with E-state index in [4.69, 9.17) is 16.7 Å². The van der Waals surface area contributed by atoms with Crippen molar-refractivity contribution in [1.82, 2.24) is 10.1 Å². The lowest BCUT2D eigenvalue weighted by Crippen LogP contribution is -2.19. The topological polar surface area (TPSA) is 109 Å². The third-order valence-corrected chi connectivity index (χ3v) is 6.17. The highest BCUT2D eigenvalue weighted by atomic mass is 32.2. The molecule has 0 fully saturated rings. The predicted molar refractivity (Wildman–Crippen MR) is 125 cm³/mol. The number of rotatable bonds is 5. The summed E-state index contributed by atoms with van der Waals surface area (Å²) in [6.45, 7) is 1.66. The number of halogens is 3. The standard InChI is InChI=1S/C21H16F3N5O3S2/c1-12-10-19(32-28-12)29-34(30,31)15-5-3-14(4-6-15)26-20(33)27-17-8-9-25-18-11-13(21(22,23)24)2-7-16(17)18/h2-11,29H,1H3,(H2,25,26,27,33). The van der Waals surface area contributed by atoms with Gasteiger partial charge in [0.1, 0.15) is 0 Å². The minimum Gasteiger partial charge on any atom is -0.338 e. The minimum atomic E-state index is -4.47. The van der Waals surface area contributed by atoms with Crippen molar-refractivity contribution in [1.29, 1.82) is 0 Å². The average molecular weight is 508 g/mol. The fraction of sp³-hybridized carbons (Fsp3) is 0.0952. The SMILES string of the molecule is Cc1cc(NS(=O)(=O)c2ccc(NC(=S)Nc3ccnc4cc(C(F)(F)F)ccc34)cc2)on1. The number of hydrogen-bond donors (Lipinski definition) is 3. The number of anilines is 3. The molecule has 4 aromatic rings. The Hall–Kier alpha value is -3.71. The van der Waals surface area contributed by atoms with Gasteiger partial charge in [-0.25, -0.2) is 13.1 Å². The van der Waals surface area contributed by atoms with Crippen LogP contribution in [0, 0.1) is 6.92 Å². The number of fused-ring (bicyclic) bond motifs is 1. The van der Waals surface area contributed by atoms with Crippen molar-refractivity contribution in [3.63, 3.8) is 0 Å². The molecule has 34 heavy (non-hydrogen) atoms. The molecule has 0 bridgehead atoms. The second kappa shape index (κ2) is 8.91. The summed E-state index contributed by atoms with van der Waals surface area (Å²) in [5.41, 5.74) is 0.840. The summed E-state index contributed by atoms with van der Waals surface area (Å²) in [7, 11) is -3.88. The van der Waals surface area contributed by atoms with Gasteiger partial charge in [-0.05, 0) is 61.6 Å². The van der Waals surface area contributed by atoms with Crippen molar-refractivity contribution in [3.05, 3.63) is 72.1 Å². The van der Waals surface area contributed by atoms with Crippen LogP contribution in [0.2, 0.25) is 0 Å². The van der Waals surface area contributed by atoms with E-state index in [1.165, 1.54) is 42.6 Å². The van der Waals surface area contributed by atoms with Crippen LogP contribution in [-0.2, 0) is 16.2 Å². The van der Waals surface area contributed by atoms with Gasteiger partial charge in [-0.15, -0.1) is 0 Å². The van der Waals surface area contributed by atoms with E-state index in [0.29, 0.717) is 22.5 Å². The van der Waals surface area contributed by atoms with Crippen molar-refractivity contribution in [2.24, 2.45) is 0 Å². The molecule has 0 aliphatic carbocycles. The number of thiocarbonyl (C=S) groups is 1. The van der Waals surface area contributed by atoms with Gasteiger partial charge in [0.2, 0.25) is 5.88 Å². The molecule has 2 heterocycles. The summed E-state index contributed by atoms with van der Waals surface area (Å²) in [4.78, 5) is 3.99. The molecule has 0 atom stereocenters. The fourth-order valence-corrected chi connectivity index (χ4v) is 4.24. The molecule has 8 nitrogen and oxygen atoms in total. The lowest BCUT2D eigenvalue weighted by atomic mass is 10.1. The monoisotopic (exact) mass is 507 g/mol. The van der Waals surface area contributed by atoms with E-state index in [9.17, 15) is 21.6 Å². The Morgan fingerprint density at radius 2 is 1.76 bits per heavy atom. The van der Waals surface area contributed by atoms with Crippen LogP contribution in [0.1, 0.15) is 11.3 Å². The molecular formula is C21H16F3N5O3S2. The zero-order valence-corrected chi connectivity index (χ0v) is 19.0. The average Bonchev–Trinajstić information content (AvgIpc) is 3.17. The maximum atomic E-state index is 13.0. The third kappa shape index (κ3) is 5.26. The highest BCUT2D eigenvalue weighted by Gasteiger charge is 2.30. The Kier molecular flexibility index (Phi) is 6.15. The first-order valence-electron chi connectivity index (χ1n) is 9.61. The number of pyridine rings is 1. The second-order valence-electron chi connectivity index (χ2n) is 7.13. The number of nitrogens with zero attached hydrogens (tertiary/aromatic N) is 2. The maximum absolute atomic E-state index is 13.0. The molecular weight excluding hydrogens is 491 g/mol. The van der Waals surface area contributed by atoms with Crippen molar-refractivity contribution in [2.75, 3.05) is 15.4 Å². The molecule has 0 saturated heterocycles. The predicted octanol–water partition coefficient (Wildman–Crippen LogP) is 5.16. The van der Waals surface area contributed by atoms with Crippen LogP contribution in [0.15, 0.2) is 70.2 Å². The first kappa shape index (κ1) is 23.4. The maximum Gasteiger partial charge on any atom is 0.416 e. The molecule has 0 amide bonds. The van der Waals surface area contributed by atoms with Gasteiger partial charge in [0.15, 0.2) is 5.11 Å². The molecule has 0 saturated carbocycles. The molecule has 0 unspecified atom stereocenters. The lowest BCUT2D eigenvalue weighted by Gasteiger charge is -2.14. The Balaban J connectivity index is 1.46. The summed E-state index contributed by atoms with van der Waals surface area (Å²) in [5.74, 6) is -0.00277. The Labute approximate surface area is 197 Å². The number of nitrogens with one attached hydrogen (secondary N) is 3. The van der Waals surface area contributed by atoms with Crippen LogP contribution in [0.4, 0.5) is 30.4 Å². The van der Waals surface area contributed by atoms with Crippen LogP contribution in [0.3, 0.4) is 0 Å². The van der Waals surface area contributed by atoms with Gasteiger partial charge < -0.3 is 15.2 Å². The number of aromatic nitrogens is 2. The normalized spacial score (nSPS) is 11.9. The van der Waals surface area contributed by atoms with E-state index < -0.39 is 21.8 Å². The Morgan fingerprint density at radius 1 is 1.03 bits per heavy atom. The van der Waals surface area contributed by atoms with Crippen LogP contribution < -0.4 is 15.4 Å². The van der Waals surface area contributed by atoms with E-state index in [1.54, 1.807) is 13.0 Å². The zero-order chi connectivity index (χ0) is 24.5. The number of alkyl halides is 3. The molecule has 176 valence electrons. The smallest absolute Gasteiger partial charge is 0.338 e. The number of aryl methyl sites for hydroxylation is 1. The highest BCUT2D eigenvalue weighted by molar-refractivity contribution is 7.92. The molecule has 0 aliphatic rings. The van der Waals surface area contributed by atoms with E-state index in [0.717, 1.165) is 12.1 Å². The Morgan fingerprint density at radius 3 is 2.41 bits per heavy atom. The van der Waals surface area contributed by atoms with Gasteiger partial charge in [-0.1, -0.05) is 11.2 Å². The van der Waals surface area contributed by atoms with Crippen molar-refractivity contribution in [2.45, 2.75) is 18.0 Å². The molecule has 4 rings (SSSR count). The van der Waals surface area contributed by atoms with Crippen molar-refractivity contribution < 1.29 is 26.1 Å². The largest absolute Gasteiger partial charge is 0.416 e. The molecule has 3 N–H and O–H groups in total. The Bertz CT molecular complexity index is 1470. The number of sulfonamides is 1. The van der Waals surface area contributed by atoms with Crippen molar-refractivity contribution in [3.8, 4) is 0 Å². The van der Waals surface area contributed by atoms with E-state index in [1.807, 2.05) is 0 Å². The summed E-state index contributed by atoms with van der Waals surface area (Å²) in [6.07, 6.45) is -3.10. The quantitative estimate of drug-likeness (QED) is 0.318. The molecule has 0 radical (unpaired) electrons. The second-order valence-corrected chi connectivity index (χ2v) is 9.22. The fourth-order valence-electron chi connectivity index (χ4n) is 3.04. The van der Waals surface area contributed by atoms with E-state index in [2.05, 4.69) is 25.5 Å². The lowest BCUT2D eigenvalue weighted by molar-refractivity contribution is -0.137. The van der Waals surface area contributed by atoms with Gasteiger partial charge in [-0.2, -0.15) is 13.2 Å². The number of benzene rings is 2. The molecule has 2 aromatic carbocycles. The highest BCUT2D eigenvalue weighted by Crippen LogP contribution is 2.32. The van der Waals surface area contributed by atoms with Crippen LogP contribution >= 0.6 is 12.2 Å². The molecule has 2 aromatic heterocycles. The minimum absolute atomic E-state index is 0.00277. The first-order chi connectivity index (χ1) is 16.0. The summed E-state index contributed by atoms with van der Waals surface area (Å²) in [6, 6.07) is 12.0. The van der Waals surface area contributed by atoms with Gasteiger partial charge >= 0.3 is 6.18 Å². The summed E-state index contributed by atoms with van der Waals surface area (Å²) < 4.78 is 71.0. The van der Waals surface area contributed by atoms with Gasteiger partial charge in [0.05, 0.1) is 27.4 Å². The van der Waals surface area contributed by atoms with Crippen LogP contribution in [0.25, 0.3) is 10.9 Å². The number of hydrogen-bond acceptors (Lipinski definition) is 6. The van der Waals surface area contributed by atoms with Crippen molar-refractivity contribution >= 4 is 55.5 Å². The van der Waals surface area contributed by atoms with Crippen LogP contribution in [0.5, 0.6) is 0 Å². The molecule has 13 heteroatoms. The summed E-state index contributed by atoms with van der Waals surface area (Å²) >= 11 is 5.29. The molecule has 0 spiro atoms. The summed E-state index contributed by atoms with van der Waals surface area (Å²) in [5, 5.41) is 10.0. The van der Waals surface area contributed by atoms with Gasteiger partial charge in [-0.3, -0.25) is 4.98 Å². The zero-order valence-electron chi connectivity index (χ0n) is 17.3. The van der Waals surface area contributed by atoms with Gasteiger partial charge in [0, 0.05) is 23.3 Å². The van der Waals surface area contributed by atoms with Gasteiger partial charge in [0.25, 0.3) is 10.0 Å². The van der Waals surface area contributed by atoms with Crippen LogP contribution in [-0.4, -0.2) is 23.7 Å². The van der Waals surface area contributed by atoms with E-state index >= 15 is 0 Å². The third-order valence-electron chi connectivity index (χ3n) is 4.60. The van der Waals surface area contributed by atoms with E-state index in [-0.39, 0.29) is 21.4 Å². The first-order valence-corrected chi connectivity index (χ1v) is 11.5. The molecule has 0 aliphatic heterocycles.